The highest BCUT2D eigenvalue weighted by atomic mass is 32.2. The number of para-hydroxylation sites is 2. The van der Waals surface area contributed by atoms with E-state index in [-0.39, 0.29) is 11.8 Å². The van der Waals surface area contributed by atoms with Crippen LogP contribution in [0, 0.1) is 6.92 Å². The van der Waals surface area contributed by atoms with Crippen LogP contribution in [0.15, 0.2) is 35.5 Å². The summed E-state index contributed by atoms with van der Waals surface area (Å²) in [5.41, 5.74) is 6.80. The van der Waals surface area contributed by atoms with Gasteiger partial charge in [-0.3, -0.25) is 14.5 Å². The molecule has 0 fully saturated rings. The van der Waals surface area contributed by atoms with Crippen LogP contribution < -0.4 is 16.0 Å². The summed E-state index contributed by atoms with van der Waals surface area (Å²) in [6.07, 6.45) is 0. The molecule has 26 heavy (non-hydrogen) atoms. The van der Waals surface area contributed by atoms with Crippen LogP contribution in [0.3, 0.4) is 0 Å². The Morgan fingerprint density at radius 3 is 2.69 bits per heavy atom. The number of hydrogen-bond donors (Lipinski definition) is 2. The number of nitrogens with one attached hydrogen (secondary N) is 1. The number of fused-ring (bicyclic) bond motifs is 1. The predicted octanol–water partition coefficient (Wildman–Crippen LogP) is 2.61. The fourth-order valence-corrected chi connectivity index (χ4v) is 3.73. The first-order valence-corrected chi connectivity index (χ1v) is 9.10. The highest BCUT2D eigenvalue weighted by molar-refractivity contribution is 8.00. The van der Waals surface area contributed by atoms with Crippen molar-refractivity contribution < 1.29 is 9.59 Å². The Morgan fingerprint density at radius 2 is 2.00 bits per heavy atom. The highest BCUT2D eigenvalue weighted by Gasteiger charge is 2.44. The van der Waals surface area contributed by atoms with E-state index in [0.29, 0.717) is 22.3 Å². The molecule has 0 radical (unpaired) electrons. The number of amides is 2. The molecule has 2 heterocycles. The predicted molar refractivity (Wildman–Crippen MR) is 103 cm³/mol. The first-order valence-electron chi connectivity index (χ1n) is 8.22. The molecule has 0 aliphatic carbocycles. The Morgan fingerprint density at radius 1 is 1.31 bits per heavy atom. The van der Waals surface area contributed by atoms with Crippen LogP contribution in [0.5, 0.6) is 0 Å². The molecule has 0 spiro atoms. The van der Waals surface area contributed by atoms with Gasteiger partial charge in [-0.2, -0.15) is 0 Å². The summed E-state index contributed by atoms with van der Waals surface area (Å²) in [4.78, 5) is 35.8. The molecule has 1 aliphatic rings. The Bertz CT molecular complexity index is 863. The summed E-state index contributed by atoms with van der Waals surface area (Å²) in [5, 5.41) is 2.81. The van der Waals surface area contributed by atoms with E-state index in [1.54, 1.807) is 37.8 Å². The maximum Gasteiger partial charge on any atom is 0.250 e. The van der Waals surface area contributed by atoms with Gasteiger partial charge >= 0.3 is 0 Å². The van der Waals surface area contributed by atoms with E-state index in [1.165, 1.54) is 11.8 Å². The van der Waals surface area contributed by atoms with Gasteiger partial charge in [-0.25, -0.2) is 9.97 Å². The molecular formula is C18H21N5O2S. The molecule has 2 aromatic rings. The smallest absolute Gasteiger partial charge is 0.250 e. The molecule has 0 saturated carbocycles. The average Bonchev–Trinajstić information content (AvgIpc) is 2.54. The van der Waals surface area contributed by atoms with Crippen LogP contribution in [-0.2, 0) is 9.59 Å². The fraction of sp³-hybridized carbons (Fsp3) is 0.333. The fourth-order valence-electron chi connectivity index (χ4n) is 2.85. The van der Waals surface area contributed by atoms with Crippen LogP contribution in [0.1, 0.15) is 26.5 Å². The normalized spacial score (nSPS) is 16.6. The molecule has 2 amide bonds. The molecule has 3 rings (SSSR count). The third kappa shape index (κ3) is 3.24. The summed E-state index contributed by atoms with van der Waals surface area (Å²) in [5.74, 6) is -0.0496. The van der Waals surface area contributed by atoms with E-state index in [1.807, 2.05) is 25.1 Å². The van der Waals surface area contributed by atoms with E-state index >= 15 is 0 Å². The Hall–Kier alpha value is -2.61. The molecule has 1 atom stereocenters. The molecule has 1 aromatic heterocycles. The van der Waals surface area contributed by atoms with Crippen LogP contribution in [0.4, 0.5) is 17.2 Å². The lowest BCUT2D eigenvalue weighted by atomic mass is 9.96. The molecule has 8 heteroatoms. The highest BCUT2D eigenvalue weighted by Crippen LogP contribution is 2.38. The minimum Gasteiger partial charge on any atom is -0.384 e. The number of nitrogen functional groups attached to an aromatic ring is 1. The van der Waals surface area contributed by atoms with E-state index < -0.39 is 10.8 Å². The number of aromatic nitrogens is 2. The molecule has 3 N–H and O–H groups in total. The number of nitrogens with zero attached hydrogens (tertiary/aromatic N) is 3. The maximum absolute atomic E-state index is 13.2. The van der Waals surface area contributed by atoms with Gasteiger partial charge in [-0.15, -0.1) is 0 Å². The molecule has 136 valence electrons. The summed E-state index contributed by atoms with van der Waals surface area (Å²) < 4.78 is 0. The Balaban J connectivity index is 1.93. The van der Waals surface area contributed by atoms with E-state index in [0.717, 1.165) is 5.69 Å². The van der Waals surface area contributed by atoms with Crippen LogP contribution in [0.25, 0.3) is 0 Å². The SMILES string of the molecule is Cc1cc(N)nc(S[C@H](C)C(=O)N2c3ccccc3NC(=O)C2(C)C)n1. The lowest BCUT2D eigenvalue weighted by Crippen LogP contribution is -2.60. The number of aryl methyl sites for hydroxylation is 1. The summed E-state index contributed by atoms with van der Waals surface area (Å²) in [6.45, 7) is 7.06. The number of thioether (sulfide) groups is 1. The van der Waals surface area contributed by atoms with Crippen LogP contribution in [0.2, 0.25) is 0 Å². The van der Waals surface area contributed by atoms with E-state index in [4.69, 9.17) is 5.73 Å². The molecule has 0 bridgehead atoms. The third-order valence-corrected chi connectivity index (χ3v) is 5.16. The van der Waals surface area contributed by atoms with Gasteiger partial charge in [0.25, 0.3) is 0 Å². The Kier molecular flexibility index (Phi) is 4.62. The second-order valence-corrected chi connectivity index (χ2v) is 7.99. The van der Waals surface area contributed by atoms with Crippen molar-refractivity contribution in [1.29, 1.82) is 0 Å². The van der Waals surface area contributed by atoms with Crippen LogP contribution >= 0.6 is 11.8 Å². The number of nitrogens with two attached hydrogens (primary N) is 1. The van der Waals surface area contributed by atoms with Crippen molar-refractivity contribution in [2.75, 3.05) is 16.0 Å². The van der Waals surface area contributed by atoms with Gasteiger partial charge in [0.15, 0.2) is 5.16 Å². The summed E-state index contributed by atoms with van der Waals surface area (Å²) in [6, 6.07) is 8.94. The monoisotopic (exact) mass is 371 g/mol. The molecule has 0 unspecified atom stereocenters. The lowest BCUT2D eigenvalue weighted by Gasteiger charge is -2.43. The number of carbonyl (C=O) groups is 2. The number of hydrogen-bond acceptors (Lipinski definition) is 6. The van der Waals surface area contributed by atoms with Crippen molar-refractivity contribution in [1.82, 2.24) is 9.97 Å². The van der Waals surface area contributed by atoms with Crippen molar-refractivity contribution in [2.45, 2.75) is 43.6 Å². The third-order valence-electron chi connectivity index (χ3n) is 4.21. The van der Waals surface area contributed by atoms with E-state index in [9.17, 15) is 9.59 Å². The largest absolute Gasteiger partial charge is 0.384 e. The zero-order valence-electron chi connectivity index (χ0n) is 15.1. The number of anilines is 3. The van der Waals surface area contributed by atoms with Crippen molar-refractivity contribution >= 4 is 40.8 Å². The molecule has 7 nitrogen and oxygen atoms in total. The standard InChI is InChI=1S/C18H21N5O2S/c1-10-9-14(19)22-17(20-10)26-11(2)15(24)23-13-8-6-5-7-12(13)21-16(25)18(23,3)4/h5-9,11H,1-4H3,(H,21,25)(H2,19,20,22)/t11-/m1/s1. The van der Waals surface area contributed by atoms with Gasteiger partial charge in [-0.1, -0.05) is 23.9 Å². The number of carbonyl (C=O) groups excluding carboxylic acids is 2. The maximum atomic E-state index is 13.2. The molecular weight excluding hydrogens is 350 g/mol. The minimum absolute atomic E-state index is 0.189. The second-order valence-electron chi connectivity index (χ2n) is 6.68. The second kappa shape index (κ2) is 6.60. The quantitative estimate of drug-likeness (QED) is 0.635. The molecule has 1 aliphatic heterocycles. The van der Waals surface area contributed by atoms with E-state index in [2.05, 4.69) is 15.3 Å². The van der Waals surface area contributed by atoms with Gasteiger partial charge in [0.2, 0.25) is 11.8 Å². The molecule has 0 saturated heterocycles. The average molecular weight is 371 g/mol. The zero-order valence-corrected chi connectivity index (χ0v) is 15.9. The first kappa shape index (κ1) is 18.2. The lowest BCUT2D eigenvalue weighted by molar-refractivity contribution is -0.126. The van der Waals surface area contributed by atoms with Gasteiger partial charge in [0, 0.05) is 11.8 Å². The topological polar surface area (TPSA) is 101 Å². The summed E-state index contributed by atoms with van der Waals surface area (Å²) in [7, 11) is 0. The van der Waals surface area contributed by atoms with Crippen LogP contribution in [-0.4, -0.2) is 32.6 Å². The summed E-state index contributed by atoms with van der Waals surface area (Å²) >= 11 is 1.23. The van der Waals surface area contributed by atoms with Crippen molar-refractivity contribution in [2.24, 2.45) is 0 Å². The van der Waals surface area contributed by atoms with Gasteiger partial charge in [-0.05, 0) is 39.8 Å². The number of rotatable bonds is 3. The number of benzene rings is 1. The first-order chi connectivity index (χ1) is 12.2. The van der Waals surface area contributed by atoms with Gasteiger partial charge in [0.1, 0.15) is 11.4 Å². The Labute approximate surface area is 156 Å². The van der Waals surface area contributed by atoms with Gasteiger partial charge < -0.3 is 11.1 Å². The zero-order chi connectivity index (χ0) is 19.1. The van der Waals surface area contributed by atoms with Gasteiger partial charge in [0.05, 0.1) is 16.6 Å². The molecule has 1 aromatic carbocycles. The minimum atomic E-state index is -1.01. The van der Waals surface area contributed by atoms with Crippen molar-refractivity contribution in [3.8, 4) is 0 Å². The van der Waals surface area contributed by atoms with Crippen molar-refractivity contribution in [3.63, 3.8) is 0 Å². The van der Waals surface area contributed by atoms with Crippen molar-refractivity contribution in [3.05, 3.63) is 36.0 Å².